The number of hydrogen-bond donors (Lipinski definition) is 1. The Morgan fingerprint density at radius 3 is 2.50 bits per heavy atom. The lowest BCUT2D eigenvalue weighted by Gasteiger charge is -2.38. The summed E-state index contributed by atoms with van der Waals surface area (Å²) in [6.45, 7) is 11.4. The molecule has 1 aliphatic rings. The zero-order valence-electron chi connectivity index (χ0n) is 11.7. The molecule has 18 heavy (non-hydrogen) atoms. The summed E-state index contributed by atoms with van der Waals surface area (Å²) in [6, 6.07) is 4.19. The van der Waals surface area contributed by atoms with Crippen molar-refractivity contribution < 1.29 is 0 Å². The van der Waals surface area contributed by atoms with Crippen LogP contribution in [0, 0.1) is 6.92 Å². The van der Waals surface area contributed by atoms with E-state index < -0.39 is 0 Å². The highest BCUT2D eigenvalue weighted by molar-refractivity contribution is 5.41. The summed E-state index contributed by atoms with van der Waals surface area (Å²) in [7, 11) is 0. The minimum absolute atomic E-state index is 0.107. The lowest BCUT2D eigenvalue weighted by molar-refractivity contribution is 0.214. The van der Waals surface area contributed by atoms with E-state index in [0.717, 1.165) is 38.5 Å². The van der Waals surface area contributed by atoms with Gasteiger partial charge in [-0.25, -0.2) is 4.98 Å². The Balaban J connectivity index is 1.91. The quantitative estimate of drug-likeness (QED) is 0.874. The van der Waals surface area contributed by atoms with Crippen molar-refractivity contribution in [1.82, 2.24) is 9.88 Å². The van der Waals surface area contributed by atoms with E-state index in [2.05, 4.69) is 41.6 Å². The van der Waals surface area contributed by atoms with Crippen molar-refractivity contribution in [2.24, 2.45) is 5.73 Å². The summed E-state index contributed by atoms with van der Waals surface area (Å²) in [6.07, 6.45) is 1.89. The Morgan fingerprint density at radius 2 is 1.94 bits per heavy atom. The third-order valence-corrected chi connectivity index (χ3v) is 3.23. The van der Waals surface area contributed by atoms with Crippen LogP contribution < -0.4 is 10.6 Å². The van der Waals surface area contributed by atoms with Gasteiger partial charge in [-0.1, -0.05) is 0 Å². The first-order valence-electron chi connectivity index (χ1n) is 6.63. The van der Waals surface area contributed by atoms with Gasteiger partial charge in [-0.2, -0.15) is 0 Å². The Kier molecular flexibility index (Phi) is 3.88. The van der Waals surface area contributed by atoms with E-state index in [0.29, 0.717) is 0 Å². The molecule has 0 radical (unpaired) electrons. The molecule has 1 fully saturated rings. The van der Waals surface area contributed by atoms with Gasteiger partial charge in [0.1, 0.15) is 5.82 Å². The second kappa shape index (κ2) is 5.24. The Hall–Kier alpha value is -1.13. The number of anilines is 1. The lowest BCUT2D eigenvalue weighted by atomic mass is 10.1. The Bertz CT molecular complexity index is 389. The fourth-order valence-electron chi connectivity index (χ4n) is 2.40. The first-order valence-corrected chi connectivity index (χ1v) is 6.63. The van der Waals surface area contributed by atoms with Gasteiger partial charge < -0.3 is 10.6 Å². The number of aryl methyl sites for hydroxylation is 1. The molecule has 0 atom stereocenters. The summed E-state index contributed by atoms with van der Waals surface area (Å²) < 4.78 is 0. The number of nitrogens with zero attached hydrogens (tertiary/aromatic N) is 3. The fourth-order valence-corrected chi connectivity index (χ4v) is 2.40. The summed E-state index contributed by atoms with van der Waals surface area (Å²) >= 11 is 0. The molecule has 0 amide bonds. The number of rotatable bonds is 3. The van der Waals surface area contributed by atoms with E-state index in [1.165, 1.54) is 5.56 Å². The van der Waals surface area contributed by atoms with Gasteiger partial charge in [0.2, 0.25) is 0 Å². The minimum atomic E-state index is -0.107. The maximum atomic E-state index is 6.06. The molecule has 2 rings (SSSR count). The van der Waals surface area contributed by atoms with E-state index in [-0.39, 0.29) is 5.54 Å². The molecule has 2 N–H and O–H groups in total. The minimum Gasteiger partial charge on any atom is -0.354 e. The molecule has 0 aliphatic carbocycles. The molecular weight excluding hydrogens is 224 g/mol. The van der Waals surface area contributed by atoms with Crippen molar-refractivity contribution in [3.8, 4) is 0 Å². The van der Waals surface area contributed by atoms with Crippen molar-refractivity contribution in [1.29, 1.82) is 0 Å². The maximum Gasteiger partial charge on any atom is 0.128 e. The van der Waals surface area contributed by atoms with Gasteiger partial charge in [0.15, 0.2) is 0 Å². The molecule has 0 bridgehead atoms. The van der Waals surface area contributed by atoms with Crippen LogP contribution >= 0.6 is 0 Å². The number of pyridine rings is 1. The monoisotopic (exact) mass is 248 g/mol. The predicted octanol–water partition coefficient (Wildman–Crippen LogP) is 1.25. The van der Waals surface area contributed by atoms with E-state index >= 15 is 0 Å². The molecule has 1 saturated heterocycles. The van der Waals surface area contributed by atoms with Gasteiger partial charge in [0, 0.05) is 44.5 Å². The molecule has 0 spiro atoms. The lowest BCUT2D eigenvalue weighted by Crippen LogP contribution is -2.53. The molecule has 2 heterocycles. The number of hydrogen-bond acceptors (Lipinski definition) is 4. The average molecular weight is 248 g/mol. The van der Waals surface area contributed by atoms with Gasteiger partial charge >= 0.3 is 0 Å². The second-order valence-electron chi connectivity index (χ2n) is 5.94. The summed E-state index contributed by atoms with van der Waals surface area (Å²) in [5, 5.41) is 0. The first-order chi connectivity index (χ1) is 8.44. The smallest absolute Gasteiger partial charge is 0.128 e. The van der Waals surface area contributed by atoms with E-state index in [4.69, 9.17) is 5.73 Å². The molecule has 1 aromatic rings. The van der Waals surface area contributed by atoms with Crippen LogP contribution in [0.2, 0.25) is 0 Å². The van der Waals surface area contributed by atoms with Crippen molar-refractivity contribution in [2.75, 3.05) is 37.6 Å². The topological polar surface area (TPSA) is 45.4 Å². The molecule has 1 aliphatic heterocycles. The van der Waals surface area contributed by atoms with Crippen LogP contribution in [-0.2, 0) is 0 Å². The zero-order chi connectivity index (χ0) is 13.2. The van der Waals surface area contributed by atoms with Crippen molar-refractivity contribution in [2.45, 2.75) is 26.3 Å². The van der Waals surface area contributed by atoms with E-state index in [9.17, 15) is 0 Å². The average Bonchev–Trinajstić information content (AvgIpc) is 2.28. The van der Waals surface area contributed by atoms with Crippen LogP contribution in [0.3, 0.4) is 0 Å². The van der Waals surface area contributed by atoms with Crippen LogP contribution in [0.15, 0.2) is 18.3 Å². The second-order valence-corrected chi connectivity index (χ2v) is 5.94. The largest absolute Gasteiger partial charge is 0.354 e. The van der Waals surface area contributed by atoms with Gasteiger partial charge in [-0.15, -0.1) is 0 Å². The zero-order valence-corrected chi connectivity index (χ0v) is 11.7. The normalized spacial score (nSPS) is 18.1. The highest BCUT2D eigenvalue weighted by Crippen LogP contribution is 2.15. The molecule has 0 unspecified atom stereocenters. The van der Waals surface area contributed by atoms with Crippen LogP contribution in [-0.4, -0.2) is 48.1 Å². The third-order valence-electron chi connectivity index (χ3n) is 3.23. The molecule has 4 heteroatoms. The highest BCUT2D eigenvalue weighted by atomic mass is 15.3. The van der Waals surface area contributed by atoms with Crippen LogP contribution in [0.1, 0.15) is 19.4 Å². The molecular formula is C14H24N4. The third kappa shape index (κ3) is 3.68. The number of piperazine rings is 1. The number of nitrogens with two attached hydrogens (primary N) is 1. The van der Waals surface area contributed by atoms with E-state index in [1.54, 1.807) is 0 Å². The Morgan fingerprint density at radius 1 is 1.28 bits per heavy atom. The molecule has 4 nitrogen and oxygen atoms in total. The molecule has 0 aromatic carbocycles. The number of aromatic nitrogens is 1. The van der Waals surface area contributed by atoms with Crippen molar-refractivity contribution in [3.05, 3.63) is 23.9 Å². The van der Waals surface area contributed by atoms with Crippen molar-refractivity contribution in [3.63, 3.8) is 0 Å². The summed E-state index contributed by atoms with van der Waals surface area (Å²) in [4.78, 5) is 9.24. The predicted molar refractivity (Wildman–Crippen MR) is 75.9 cm³/mol. The van der Waals surface area contributed by atoms with Crippen LogP contribution in [0.4, 0.5) is 5.82 Å². The standard InChI is InChI=1S/C14H24N4/c1-12-4-5-16-13(10-12)18-8-6-17(7-9-18)11-14(2,3)15/h4-5,10H,6-9,11,15H2,1-3H3. The Labute approximate surface area is 110 Å². The summed E-state index contributed by atoms with van der Waals surface area (Å²) in [5.74, 6) is 1.10. The SMILES string of the molecule is Cc1ccnc(N2CCN(CC(C)(C)N)CC2)c1. The van der Waals surface area contributed by atoms with Gasteiger partial charge in [-0.3, -0.25) is 4.90 Å². The molecule has 1 aromatic heterocycles. The first kappa shape index (κ1) is 13.3. The van der Waals surface area contributed by atoms with E-state index in [1.807, 2.05) is 12.3 Å². The van der Waals surface area contributed by atoms with Gasteiger partial charge in [0.25, 0.3) is 0 Å². The van der Waals surface area contributed by atoms with Crippen LogP contribution in [0.5, 0.6) is 0 Å². The maximum absolute atomic E-state index is 6.06. The summed E-state index contributed by atoms with van der Waals surface area (Å²) in [5.41, 5.74) is 7.23. The van der Waals surface area contributed by atoms with Gasteiger partial charge in [-0.05, 0) is 38.5 Å². The molecule has 100 valence electrons. The van der Waals surface area contributed by atoms with Crippen molar-refractivity contribution >= 4 is 5.82 Å². The van der Waals surface area contributed by atoms with Crippen LogP contribution in [0.25, 0.3) is 0 Å². The fraction of sp³-hybridized carbons (Fsp3) is 0.643. The highest BCUT2D eigenvalue weighted by Gasteiger charge is 2.22. The molecule has 0 saturated carbocycles. The van der Waals surface area contributed by atoms with Gasteiger partial charge in [0.05, 0.1) is 0 Å².